The summed E-state index contributed by atoms with van der Waals surface area (Å²) in [4.78, 5) is 2.41. The molecule has 1 aromatic heterocycles. The first-order valence-electron chi connectivity index (χ1n) is 13.3. The molecule has 2 aromatic carbocycles. The number of hydrogen-bond acceptors (Lipinski definition) is 7. The molecule has 0 unspecified atom stereocenters. The van der Waals surface area contributed by atoms with Crippen molar-refractivity contribution in [2.45, 2.75) is 54.2 Å². The molecule has 0 spiro atoms. The van der Waals surface area contributed by atoms with Crippen molar-refractivity contribution in [2.75, 3.05) is 44.4 Å². The summed E-state index contributed by atoms with van der Waals surface area (Å²) in [6.45, 7) is 1.12. The first-order valence-corrected chi connectivity index (χ1v) is 15.7. The van der Waals surface area contributed by atoms with Gasteiger partial charge in [0.15, 0.2) is 9.84 Å². The first-order chi connectivity index (χ1) is 19.5. The molecule has 12 heteroatoms. The molecule has 1 aliphatic heterocycles. The van der Waals surface area contributed by atoms with Crippen molar-refractivity contribution >= 4 is 42.6 Å². The molecule has 3 aromatic rings. The third-order valence-corrected chi connectivity index (χ3v) is 10.8. The van der Waals surface area contributed by atoms with Crippen LogP contribution in [-0.4, -0.2) is 70.7 Å². The summed E-state index contributed by atoms with van der Waals surface area (Å²) in [6, 6.07) is 9.24. The molecule has 1 saturated heterocycles. The number of benzene rings is 2. The Kier molecular flexibility index (Phi) is 8.41. The highest BCUT2D eigenvalue weighted by molar-refractivity contribution is 7.92. The van der Waals surface area contributed by atoms with Gasteiger partial charge in [-0.05, 0) is 55.5 Å². The normalized spacial score (nSPS) is 20.0. The number of alkyl halides is 4. The van der Waals surface area contributed by atoms with Crippen molar-refractivity contribution in [1.29, 1.82) is 0 Å². The van der Waals surface area contributed by atoms with Gasteiger partial charge in [0.1, 0.15) is 11.9 Å². The fourth-order valence-electron chi connectivity index (χ4n) is 5.01. The maximum absolute atomic E-state index is 14.7. The number of nitrogens with zero attached hydrogens (tertiary/aromatic N) is 1. The molecule has 2 aliphatic rings. The minimum Gasteiger partial charge on any atom is -0.495 e. The van der Waals surface area contributed by atoms with Crippen molar-refractivity contribution in [3.63, 3.8) is 0 Å². The van der Waals surface area contributed by atoms with Crippen LogP contribution in [0.1, 0.15) is 29.7 Å². The van der Waals surface area contributed by atoms with Crippen molar-refractivity contribution in [2.24, 2.45) is 0 Å². The van der Waals surface area contributed by atoms with Crippen molar-refractivity contribution in [3.05, 3.63) is 46.8 Å². The van der Waals surface area contributed by atoms with Crippen LogP contribution in [0.5, 0.6) is 5.75 Å². The van der Waals surface area contributed by atoms with Crippen molar-refractivity contribution < 1.29 is 30.7 Å². The third-order valence-electron chi connectivity index (χ3n) is 7.31. The Hall–Kier alpha value is -3.01. The minimum atomic E-state index is -4.43. The number of halogens is 4. The van der Waals surface area contributed by atoms with Gasteiger partial charge < -0.3 is 20.3 Å². The molecule has 41 heavy (non-hydrogen) atoms. The molecule has 2 fully saturated rings. The van der Waals surface area contributed by atoms with E-state index in [1.807, 2.05) is 11.9 Å². The maximum atomic E-state index is 14.7. The van der Waals surface area contributed by atoms with E-state index < -0.39 is 34.6 Å². The fraction of sp³-hybridized carbons (Fsp3) is 0.448. The van der Waals surface area contributed by atoms with E-state index in [0.29, 0.717) is 57.9 Å². The summed E-state index contributed by atoms with van der Waals surface area (Å²) in [6.07, 6.45) is -4.76. The molecular formula is C29H31F4N3O3S2. The van der Waals surface area contributed by atoms with Gasteiger partial charge in [-0.2, -0.15) is 13.2 Å². The highest BCUT2D eigenvalue weighted by Gasteiger charge is 2.37. The quantitative estimate of drug-likeness (QED) is 0.246. The van der Waals surface area contributed by atoms with E-state index in [1.54, 1.807) is 24.3 Å². The zero-order valence-electron chi connectivity index (χ0n) is 22.6. The van der Waals surface area contributed by atoms with Crippen LogP contribution in [0.3, 0.4) is 0 Å². The van der Waals surface area contributed by atoms with Gasteiger partial charge in [-0.15, -0.1) is 11.3 Å². The number of nitrogens with one attached hydrogen (secondary N) is 2. The van der Waals surface area contributed by atoms with Crippen LogP contribution < -0.4 is 15.4 Å². The van der Waals surface area contributed by atoms with Gasteiger partial charge in [-0.25, -0.2) is 12.8 Å². The Labute approximate surface area is 241 Å². The van der Waals surface area contributed by atoms with E-state index in [1.165, 1.54) is 19.2 Å². The lowest BCUT2D eigenvalue weighted by molar-refractivity contribution is -0.126. The Morgan fingerprint density at radius 3 is 2.61 bits per heavy atom. The van der Waals surface area contributed by atoms with E-state index in [2.05, 4.69) is 22.5 Å². The van der Waals surface area contributed by atoms with Crippen molar-refractivity contribution in [1.82, 2.24) is 4.90 Å². The lowest BCUT2D eigenvalue weighted by Gasteiger charge is -2.33. The predicted octanol–water partition coefficient (Wildman–Crippen LogP) is 5.87. The number of fused-ring (bicyclic) bond motifs is 1. The summed E-state index contributed by atoms with van der Waals surface area (Å²) in [5.74, 6) is 6.13. The SMILES string of the molecule is COc1cc(S(=O)(=O)C2CC2)ccc1NCC#Cc1sc2c(N[C@H]3CCN(C)C[C@@H]3F)cccc2c1CC(F)(F)F. The molecule has 0 radical (unpaired) electrons. The van der Waals surface area contributed by atoms with Gasteiger partial charge >= 0.3 is 6.18 Å². The molecule has 2 atom stereocenters. The third kappa shape index (κ3) is 6.74. The number of likely N-dealkylation sites (tertiary alicyclic amines) is 1. The van der Waals surface area contributed by atoms with E-state index in [-0.39, 0.29) is 22.3 Å². The number of methoxy groups -OCH3 is 1. The minimum absolute atomic E-state index is 0.0923. The molecule has 0 amide bonds. The van der Waals surface area contributed by atoms with Crippen LogP contribution >= 0.6 is 11.3 Å². The van der Waals surface area contributed by atoms with Gasteiger partial charge in [0, 0.05) is 19.2 Å². The van der Waals surface area contributed by atoms with Crippen LogP contribution in [0.2, 0.25) is 0 Å². The number of anilines is 2. The summed E-state index contributed by atoms with van der Waals surface area (Å²) >= 11 is 1.16. The van der Waals surface area contributed by atoms with Crippen molar-refractivity contribution in [3.8, 4) is 17.6 Å². The Morgan fingerprint density at radius 1 is 1.15 bits per heavy atom. The van der Waals surface area contributed by atoms with E-state index in [4.69, 9.17) is 4.74 Å². The van der Waals surface area contributed by atoms with Crippen LogP contribution in [0.15, 0.2) is 41.3 Å². The number of thiophene rings is 1. The summed E-state index contributed by atoms with van der Waals surface area (Å²) in [5, 5.41) is 6.41. The van der Waals surface area contributed by atoms with Crippen LogP contribution in [-0.2, 0) is 16.3 Å². The molecule has 5 rings (SSSR count). The highest BCUT2D eigenvalue weighted by atomic mass is 32.2. The van der Waals surface area contributed by atoms with Crippen LogP contribution in [0.4, 0.5) is 28.9 Å². The van der Waals surface area contributed by atoms with Gasteiger partial charge in [0.2, 0.25) is 0 Å². The number of sulfone groups is 1. The molecule has 2 N–H and O–H groups in total. The zero-order chi connectivity index (χ0) is 29.4. The largest absolute Gasteiger partial charge is 0.495 e. The summed E-state index contributed by atoms with van der Waals surface area (Å²) < 4.78 is 86.5. The molecule has 2 heterocycles. The lowest BCUT2D eigenvalue weighted by Crippen LogP contribution is -2.46. The topological polar surface area (TPSA) is 70.7 Å². The van der Waals surface area contributed by atoms with E-state index in [0.717, 1.165) is 17.9 Å². The Bertz CT molecular complexity index is 1590. The lowest BCUT2D eigenvalue weighted by atomic mass is 10.0. The second-order valence-electron chi connectivity index (χ2n) is 10.5. The fourth-order valence-corrected chi connectivity index (χ4v) is 7.85. The first kappa shape index (κ1) is 29.5. The number of ether oxygens (including phenoxy) is 1. The van der Waals surface area contributed by atoms with Gasteiger partial charge in [-0.3, -0.25) is 0 Å². The molecule has 6 nitrogen and oxygen atoms in total. The van der Waals surface area contributed by atoms with Gasteiger partial charge in [0.25, 0.3) is 0 Å². The molecule has 220 valence electrons. The summed E-state index contributed by atoms with van der Waals surface area (Å²) in [5.41, 5.74) is 1.22. The number of hydrogen-bond donors (Lipinski definition) is 2. The number of piperidine rings is 1. The van der Waals surface area contributed by atoms with E-state index in [9.17, 15) is 26.0 Å². The van der Waals surface area contributed by atoms with Gasteiger partial charge in [-0.1, -0.05) is 24.0 Å². The van der Waals surface area contributed by atoms with Crippen LogP contribution in [0, 0.1) is 11.8 Å². The molecule has 0 bridgehead atoms. The average molecular weight is 610 g/mol. The molecule has 1 aliphatic carbocycles. The summed E-state index contributed by atoms with van der Waals surface area (Å²) in [7, 11) is -0.0909. The average Bonchev–Trinajstić information content (AvgIpc) is 3.72. The second kappa shape index (κ2) is 11.7. The maximum Gasteiger partial charge on any atom is 0.393 e. The monoisotopic (exact) mass is 609 g/mol. The Morgan fingerprint density at radius 2 is 1.93 bits per heavy atom. The van der Waals surface area contributed by atoms with E-state index >= 15 is 0 Å². The zero-order valence-corrected chi connectivity index (χ0v) is 24.3. The number of rotatable bonds is 8. The molecule has 1 saturated carbocycles. The Balaban J connectivity index is 1.38. The highest BCUT2D eigenvalue weighted by Crippen LogP contribution is 2.40. The molecular weight excluding hydrogens is 578 g/mol. The second-order valence-corrected chi connectivity index (χ2v) is 13.7. The van der Waals surface area contributed by atoms with Gasteiger partial charge in [0.05, 0.1) is 57.2 Å². The standard InChI is InChI=1S/C29H31F4N3O3S2/c1-36-14-12-23(22(30)17-36)35-25-6-3-5-20-21(16-29(31,32)33)27(40-28(20)25)7-4-13-34-24-11-10-19(15-26(24)39-2)41(37,38)18-8-9-18/h3,5-6,10-11,15,18,22-23,34-35H,8-9,12-14,16-17H2,1-2H3/t22-,23-/m0/s1. The predicted molar refractivity (Wildman–Crippen MR) is 155 cm³/mol. The van der Waals surface area contributed by atoms with Crippen LogP contribution in [0.25, 0.3) is 10.1 Å². The smallest absolute Gasteiger partial charge is 0.393 e.